The zero-order valence-electron chi connectivity index (χ0n) is 21.6. The Morgan fingerprint density at radius 3 is 1.57 bits per heavy atom. The highest BCUT2D eigenvalue weighted by molar-refractivity contribution is 8.33. The standard InChI is InChI=1S/C30H40O3S2/c1-5-6-7-8-9-16-25-34(31,32)33-35(27-17-12-10-13-18-27,28-19-14-11-15-20-28)29-23-21-26(22-24-29)30(2,3)4/h10-15,17-24H,5-9,16,25H2,1-4H3. The predicted molar refractivity (Wildman–Crippen MR) is 149 cm³/mol. The summed E-state index contributed by atoms with van der Waals surface area (Å²) in [6.07, 6.45) is 6.11. The molecule has 0 aliphatic carbocycles. The molecule has 0 saturated heterocycles. The SMILES string of the molecule is CCCCCCCCS(=O)(=O)OS(c1ccccc1)(c1ccccc1)c1ccc(C(C)(C)C)cc1. The van der Waals surface area contributed by atoms with Gasteiger partial charge in [0.05, 0.1) is 5.75 Å². The topological polar surface area (TPSA) is 43.4 Å². The maximum Gasteiger partial charge on any atom is 0.277 e. The van der Waals surface area contributed by atoms with Crippen LogP contribution in [-0.2, 0) is 19.2 Å². The number of rotatable bonds is 12. The van der Waals surface area contributed by atoms with Gasteiger partial charge in [0.1, 0.15) is 0 Å². The minimum Gasteiger partial charge on any atom is -0.207 e. The summed E-state index contributed by atoms with van der Waals surface area (Å²) in [5, 5.41) is 0. The lowest BCUT2D eigenvalue weighted by Gasteiger charge is -2.39. The third-order valence-electron chi connectivity index (χ3n) is 6.16. The molecule has 0 N–H and O–H groups in total. The maximum atomic E-state index is 13.5. The summed E-state index contributed by atoms with van der Waals surface area (Å²) >= 11 is 0. The van der Waals surface area contributed by atoms with Crippen molar-refractivity contribution in [2.45, 2.75) is 86.3 Å². The van der Waals surface area contributed by atoms with Gasteiger partial charge in [-0.1, -0.05) is 108 Å². The Balaban J connectivity index is 2.06. The average molecular weight is 513 g/mol. The molecular weight excluding hydrogens is 472 g/mol. The van der Waals surface area contributed by atoms with Crippen LogP contribution in [0.5, 0.6) is 0 Å². The van der Waals surface area contributed by atoms with Gasteiger partial charge in [-0.15, -0.1) is 0 Å². The Kier molecular flexibility index (Phi) is 9.62. The quantitative estimate of drug-likeness (QED) is 0.228. The van der Waals surface area contributed by atoms with Gasteiger partial charge in [0, 0.05) is 14.7 Å². The van der Waals surface area contributed by atoms with Crippen LogP contribution in [0, 0.1) is 0 Å². The van der Waals surface area contributed by atoms with Crippen LogP contribution >= 0.6 is 10.3 Å². The van der Waals surface area contributed by atoms with Crippen molar-refractivity contribution in [1.82, 2.24) is 0 Å². The first-order valence-electron chi connectivity index (χ1n) is 12.7. The number of benzene rings is 3. The molecular formula is C30H40O3S2. The van der Waals surface area contributed by atoms with Crippen molar-refractivity contribution in [3.8, 4) is 0 Å². The van der Waals surface area contributed by atoms with E-state index in [2.05, 4.69) is 52.0 Å². The van der Waals surface area contributed by atoms with Crippen molar-refractivity contribution in [1.29, 1.82) is 0 Å². The monoisotopic (exact) mass is 512 g/mol. The van der Waals surface area contributed by atoms with E-state index in [1.165, 1.54) is 18.4 Å². The molecule has 0 fully saturated rings. The van der Waals surface area contributed by atoms with Crippen molar-refractivity contribution >= 4 is 20.4 Å². The smallest absolute Gasteiger partial charge is 0.207 e. The molecule has 0 heterocycles. The van der Waals surface area contributed by atoms with E-state index < -0.39 is 20.4 Å². The molecule has 0 bridgehead atoms. The van der Waals surface area contributed by atoms with Gasteiger partial charge < -0.3 is 0 Å². The molecule has 0 aliphatic heterocycles. The highest BCUT2D eigenvalue weighted by atomic mass is 32.3. The van der Waals surface area contributed by atoms with Crippen molar-refractivity contribution in [3.05, 3.63) is 90.5 Å². The van der Waals surface area contributed by atoms with Gasteiger partial charge in [-0.3, -0.25) is 0 Å². The van der Waals surface area contributed by atoms with E-state index in [0.717, 1.165) is 33.9 Å². The molecule has 3 aromatic carbocycles. The van der Waals surface area contributed by atoms with Crippen LogP contribution in [0.4, 0.5) is 0 Å². The van der Waals surface area contributed by atoms with E-state index in [4.69, 9.17) is 3.63 Å². The third-order valence-corrected chi connectivity index (χ3v) is 11.4. The lowest BCUT2D eigenvalue weighted by atomic mass is 9.87. The fourth-order valence-corrected chi connectivity index (χ4v) is 9.58. The molecule has 35 heavy (non-hydrogen) atoms. The van der Waals surface area contributed by atoms with Crippen LogP contribution in [0.2, 0.25) is 0 Å². The summed E-state index contributed by atoms with van der Waals surface area (Å²) in [4.78, 5) is 2.64. The van der Waals surface area contributed by atoms with Crippen molar-refractivity contribution < 1.29 is 12.0 Å². The molecule has 0 aliphatic rings. The molecule has 0 atom stereocenters. The Labute approximate surface area is 214 Å². The van der Waals surface area contributed by atoms with Crippen molar-refractivity contribution in [2.75, 3.05) is 5.75 Å². The zero-order valence-corrected chi connectivity index (χ0v) is 23.2. The summed E-state index contributed by atoms with van der Waals surface area (Å²) in [6, 6.07) is 28.0. The number of hydrogen-bond donors (Lipinski definition) is 0. The second kappa shape index (κ2) is 12.2. The number of unbranched alkanes of at least 4 members (excludes halogenated alkanes) is 5. The fourth-order valence-electron chi connectivity index (χ4n) is 4.15. The van der Waals surface area contributed by atoms with E-state index in [1.54, 1.807) is 0 Å². The van der Waals surface area contributed by atoms with Crippen LogP contribution in [0.1, 0.15) is 71.8 Å². The Bertz CT molecular complexity index is 1090. The molecule has 5 heteroatoms. The summed E-state index contributed by atoms with van der Waals surface area (Å²) in [7, 11) is -6.27. The molecule has 0 saturated carbocycles. The second-order valence-electron chi connectivity index (χ2n) is 10.1. The zero-order chi connectivity index (χ0) is 25.4. The van der Waals surface area contributed by atoms with E-state index in [-0.39, 0.29) is 11.2 Å². The van der Waals surface area contributed by atoms with Gasteiger partial charge in [0.2, 0.25) is 0 Å². The molecule has 3 nitrogen and oxygen atoms in total. The average Bonchev–Trinajstić information content (AvgIpc) is 2.85. The van der Waals surface area contributed by atoms with Crippen molar-refractivity contribution in [3.63, 3.8) is 0 Å². The van der Waals surface area contributed by atoms with Crippen LogP contribution in [-0.4, -0.2) is 14.2 Å². The normalized spacial score (nSPS) is 13.0. The van der Waals surface area contributed by atoms with Gasteiger partial charge in [0.25, 0.3) is 10.1 Å². The van der Waals surface area contributed by atoms with Gasteiger partial charge in [-0.05, 0) is 64.1 Å². The van der Waals surface area contributed by atoms with Crippen LogP contribution in [0.15, 0.2) is 99.6 Å². The Morgan fingerprint density at radius 1 is 0.629 bits per heavy atom. The lowest BCUT2D eigenvalue weighted by molar-refractivity contribution is 0.502. The largest absolute Gasteiger partial charge is 0.277 e. The minimum absolute atomic E-state index is 0.000721. The molecule has 3 rings (SSSR count). The lowest BCUT2D eigenvalue weighted by Crippen LogP contribution is -2.17. The van der Waals surface area contributed by atoms with E-state index >= 15 is 0 Å². The van der Waals surface area contributed by atoms with Gasteiger partial charge in [0.15, 0.2) is 0 Å². The summed E-state index contributed by atoms with van der Waals surface area (Å²) in [6.45, 7) is 8.72. The summed E-state index contributed by atoms with van der Waals surface area (Å²) in [5.74, 6) is 0.0353. The summed E-state index contributed by atoms with van der Waals surface area (Å²) < 4.78 is 33.4. The highest BCUT2D eigenvalue weighted by Gasteiger charge is 2.37. The van der Waals surface area contributed by atoms with Crippen molar-refractivity contribution in [2.24, 2.45) is 0 Å². The van der Waals surface area contributed by atoms with Gasteiger partial charge >= 0.3 is 0 Å². The van der Waals surface area contributed by atoms with E-state index in [9.17, 15) is 8.42 Å². The molecule has 190 valence electrons. The molecule has 3 aromatic rings. The highest BCUT2D eigenvalue weighted by Crippen LogP contribution is 2.70. The first-order valence-corrected chi connectivity index (χ1v) is 15.8. The first kappa shape index (κ1) is 27.5. The van der Waals surface area contributed by atoms with Crippen LogP contribution in [0.25, 0.3) is 0 Å². The number of hydrogen-bond acceptors (Lipinski definition) is 3. The molecule has 0 radical (unpaired) electrons. The Hall–Kier alpha value is -2.08. The second-order valence-corrected chi connectivity index (χ2v) is 14.6. The molecule has 0 aromatic heterocycles. The van der Waals surface area contributed by atoms with E-state index in [0.29, 0.717) is 6.42 Å². The first-order chi connectivity index (χ1) is 16.7. The molecule has 0 unspecified atom stereocenters. The minimum atomic E-state index is -3.78. The molecule has 0 spiro atoms. The van der Waals surface area contributed by atoms with Crippen LogP contribution < -0.4 is 0 Å². The third kappa shape index (κ3) is 7.22. The van der Waals surface area contributed by atoms with Gasteiger partial charge in [-0.25, -0.2) is 3.63 Å². The Morgan fingerprint density at radius 2 is 1.09 bits per heavy atom. The fraction of sp³-hybridized carbons (Fsp3) is 0.400. The predicted octanol–water partition coefficient (Wildman–Crippen LogP) is 8.89. The summed E-state index contributed by atoms with van der Waals surface area (Å²) in [5.41, 5.74) is 1.20. The maximum absolute atomic E-state index is 13.5. The van der Waals surface area contributed by atoms with Crippen LogP contribution in [0.3, 0.4) is 0 Å². The molecule has 0 amide bonds. The van der Waals surface area contributed by atoms with E-state index in [1.807, 2.05) is 60.7 Å². The van der Waals surface area contributed by atoms with Gasteiger partial charge in [-0.2, -0.15) is 8.42 Å².